The third kappa shape index (κ3) is 2.12. The number of halogens is 1. The fraction of sp³-hybridized carbons (Fsp3) is 0.417. The van der Waals surface area contributed by atoms with Crippen LogP contribution >= 0.6 is 11.6 Å². The molecule has 0 aliphatic carbocycles. The van der Waals surface area contributed by atoms with Crippen molar-refractivity contribution in [1.82, 2.24) is 4.98 Å². The van der Waals surface area contributed by atoms with Gasteiger partial charge in [0.15, 0.2) is 0 Å². The van der Waals surface area contributed by atoms with Gasteiger partial charge >= 0.3 is 5.97 Å². The fourth-order valence-corrected chi connectivity index (χ4v) is 2.42. The highest BCUT2D eigenvalue weighted by atomic mass is 35.5. The van der Waals surface area contributed by atoms with Crippen LogP contribution in [0.1, 0.15) is 24.1 Å². The Morgan fingerprint density at radius 1 is 1.72 bits per heavy atom. The van der Waals surface area contributed by atoms with Gasteiger partial charge in [0, 0.05) is 6.54 Å². The molecule has 1 fully saturated rings. The Kier molecular flexibility index (Phi) is 3.39. The topological polar surface area (TPSA) is 77.2 Å². The van der Waals surface area contributed by atoms with E-state index in [2.05, 4.69) is 4.98 Å². The van der Waals surface area contributed by atoms with Crippen LogP contribution < -0.4 is 4.90 Å². The van der Waals surface area contributed by atoms with Crippen LogP contribution in [-0.4, -0.2) is 28.6 Å². The number of pyridine rings is 1. The van der Waals surface area contributed by atoms with Crippen LogP contribution in [0.4, 0.5) is 5.82 Å². The fourth-order valence-electron chi connectivity index (χ4n) is 2.16. The molecule has 0 amide bonds. The Balaban J connectivity index is 2.43. The molecule has 5 nitrogen and oxygen atoms in total. The largest absolute Gasteiger partial charge is 0.480 e. The van der Waals surface area contributed by atoms with Crippen LogP contribution in [0.3, 0.4) is 0 Å². The normalized spacial score (nSPS) is 18.7. The van der Waals surface area contributed by atoms with Crippen molar-refractivity contribution in [2.24, 2.45) is 0 Å². The summed E-state index contributed by atoms with van der Waals surface area (Å²) in [6.45, 7) is 2.33. The summed E-state index contributed by atoms with van der Waals surface area (Å²) in [7, 11) is 0. The van der Waals surface area contributed by atoms with Crippen molar-refractivity contribution in [3.63, 3.8) is 0 Å². The number of hydrogen-bond acceptors (Lipinski definition) is 4. The van der Waals surface area contributed by atoms with Crippen molar-refractivity contribution >= 4 is 23.4 Å². The number of aromatic nitrogens is 1. The number of nitrogens with zero attached hydrogens (tertiary/aromatic N) is 3. The molecule has 1 saturated heterocycles. The monoisotopic (exact) mass is 265 g/mol. The van der Waals surface area contributed by atoms with Gasteiger partial charge in [0.25, 0.3) is 0 Å². The third-order valence-electron chi connectivity index (χ3n) is 3.08. The lowest BCUT2D eigenvalue weighted by atomic mass is 10.2. The highest BCUT2D eigenvalue weighted by molar-refractivity contribution is 6.33. The van der Waals surface area contributed by atoms with Crippen LogP contribution in [0, 0.1) is 18.3 Å². The quantitative estimate of drug-likeness (QED) is 0.885. The van der Waals surface area contributed by atoms with Crippen LogP contribution in [0.5, 0.6) is 0 Å². The van der Waals surface area contributed by atoms with Gasteiger partial charge in [-0.2, -0.15) is 5.26 Å². The molecule has 1 unspecified atom stereocenters. The van der Waals surface area contributed by atoms with E-state index in [-0.39, 0.29) is 0 Å². The van der Waals surface area contributed by atoms with E-state index in [4.69, 9.17) is 22.0 Å². The number of carbonyl (C=O) groups is 1. The zero-order chi connectivity index (χ0) is 13.3. The minimum absolute atomic E-state index is 0.324. The van der Waals surface area contributed by atoms with Crippen LogP contribution in [0.2, 0.25) is 5.02 Å². The molecule has 2 heterocycles. The molecule has 94 valence electrons. The van der Waals surface area contributed by atoms with E-state index in [0.717, 1.165) is 6.42 Å². The van der Waals surface area contributed by atoms with E-state index >= 15 is 0 Å². The Labute approximate surface area is 110 Å². The molecule has 6 heteroatoms. The number of carboxylic acids is 1. The van der Waals surface area contributed by atoms with E-state index in [1.54, 1.807) is 11.8 Å². The lowest BCUT2D eigenvalue weighted by molar-refractivity contribution is -0.138. The van der Waals surface area contributed by atoms with Crippen molar-refractivity contribution in [1.29, 1.82) is 5.26 Å². The molecular weight excluding hydrogens is 254 g/mol. The average Bonchev–Trinajstić information content (AvgIpc) is 2.80. The number of rotatable bonds is 2. The summed E-state index contributed by atoms with van der Waals surface area (Å²) in [5.41, 5.74) is 0.975. The minimum Gasteiger partial charge on any atom is -0.480 e. The molecule has 1 aliphatic rings. The summed E-state index contributed by atoms with van der Waals surface area (Å²) in [6.07, 6.45) is 1.39. The molecule has 0 aromatic carbocycles. The first-order valence-corrected chi connectivity index (χ1v) is 5.99. The maximum atomic E-state index is 11.1. The zero-order valence-electron chi connectivity index (χ0n) is 9.85. The van der Waals surface area contributed by atoms with E-state index in [1.165, 1.54) is 6.07 Å². The van der Waals surface area contributed by atoms with Crippen molar-refractivity contribution < 1.29 is 9.90 Å². The zero-order valence-corrected chi connectivity index (χ0v) is 10.6. The van der Waals surface area contributed by atoms with Gasteiger partial charge < -0.3 is 10.0 Å². The summed E-state index contributed by atoms with van der Waals surface area (Å²) >= 11 is 6.08. The Morgan fingerprint density at radius 3 is 3.06 bits per heavy atom. The highest BCUT2D eigenvalue weighted by Crippen LogP contribution is 2.31. The number of aryl methyl sites for hydroxylation is 1. The lowest BCUT2D eigenvalue weighted by Gasteiger charge is -2.23. The molecule has 18 heavy (non-hydrogen) atoms. The standard InChI is InChI=1S/C12H12ClN3O2/c1-7-8(6-14)5-9(13)11(15-7)16-4-2-3-10(16)12(17)18/h5,10H,2-4H2,1H3,(H,17,18). The van der Waals surface area contributed by atoms with E-state index in [9.17, 15) is 4.79 Å². The van der Waals surface area contributed by atoms with Gasteiger partial charge in [0.2, 0.25) is 0 Å². The minimum atomic E-state index is -0.868. The van der Waals surface area contributed by atoms with Gasteiger partial charge in [-0.25, -0.2) is 9.78 Å². The Morgan fingerprint density at radius 2 is 2.44 bits per heavy atom. The maximum Gasteiger partial charge on any atom is 0.326 e. The number of carboxylic acid groups (broad SMARTS) is 1. The number of aliphatic carboxylic acids is 1. The van der Waals surface area contributed by atoms with Crippen molar-refractivity contribution in [3.05, 3.63) is 22.3 Å². The van der Waals surface area contributed by atoms with Gasteiger partial charge in [-0.05, 0) is 25.8 Å². The molecule has 1 N–H and O–H groups in total. The molecule has 0 radical (unpaired) electrons. The van der Waals surface area contributed by atoms with Crippen molar-refractivity contribution in [2.75, 3.05) is 11.4 Å². The number of hydrogen-bond donors (Lipinski definition) is 1. The first-order chi connectivity index (χ1) is 8.54. The van der Waals surface area contributed by atoms with Gasteiger partial charge in [-0.1, -0.05) is 11.6 Å². The Bertz CT molecular complexity index is 539. The number of anilines is 1. The first kappa shape index (κ1) is 12.7. The van der Waals surface area contributed by atoms with Gasteiger partial charge in [0.1, 0.15) is 17.9 Å². The lowest BCUT2D eigenvalue weighted by Crippen LogP contribution is -2.36. The summed E-state index contributed by atoms with van der Waals surface area (Å²) in [6, 6.07) is 2.96. The smallest absolute Gasteiger partial charge is 0.326 e. The number of nitriles is 1. The summed E-state index contributed by atoms with van der Waals surface area (Å²) in [5, 5.41) is 18.3. The molecule has 2 rings (SSSR count). The van der Waals surface area contributed by atoms with Gasteiger partial charge in [0.05, 0.1) is 16.3 Å². The first-order valence-electron chi connectivity index (χ1n) is 5.61. The third-order valence-corrected chi connectivity index (χ3v) is 3.36. The predicted octanol–water partition coefficient (Wildman–Crippen LogP) is 1.97. The highest BCUT2D eigenvalue weighted by Gasteiger charge is 2.32. The second-order valence-electron chi connectivity index (χ2n) is 4.23. The molecule has 1 aliphatic heterocycles. The SMILES string of the molecule is Cc1nc(N2CCCC2C(=O)O)c(Cl)cc1C#N. The second kappa shape index (κ2) is 4.83. The molecule has 1 aromatic rings. The van der Waals surface area contributed by atoms with Crippen LogP contribution in [0.15, 0.2) is 6.07 Å². The summed E-state index contributed by atoms with van der Waals surface area (Å²) < 4.78 is 0. The molecule has 0 bridgehead atoms. The van der Waals surface area contributed by atoms with Gasteiger partial charge in [-0.3, -0.25) is 0 Å². The summed E-state index contributed by atoms with van der Waals surface area (Å²) in [4.78, 5) is 17.1. The van der Waals surface area contributed by atoms with Crippen LogP contribution in [0.25, 0.3) is 0 Å². The molecule has 0 spiro atoms. The second-order valence-corrected chi connectivity index (χ2v) is 4.64. The average molecular weight is 266 g/mol. The molecular formula is C12H12ClN3O2. The van der Waals surface area contributed by atoms with E-state index in [0.29, 0.717) is 35.1 Å². The van der Waals surface area contributed by atoms with Crippen molar-refractivity contribution in [2.45, 2.75) is 25.8 Å². The maximum absolute atomic E-state index is 11.1. The van der Waals surface area contributed by atoms with E-state index in [1.807, 2.05) is 6.07 Å². The molecule has 1 atom stereocenters. The van der Waals surface area contributed by atoms with Gasteiger partial charge in [-0.15, -0.1) is 0 Å². The summed E-state index contributed by atoms with van der Waals surface area (Å²) in [5.74, 6) is -0.412. The van der Waals surface area contributed by atoms with Crippen molar-refractivity contribution in [3.8, 4) is 6.07 Å². The van der Waals surface area contributed by atoms with Crippen LogP contribution in [-0.2, 0) is 4.79 Å². The van der Waals surface area contributed by atoms with E-state index < -0.39 is 12.0 Å². The molecule has 0 saturated carbocycles. The predicted molar refractivity (Wildman–Crippen MR) is 66.7 cm³/mol. The molecule has 1 aromatic heterocycles. The Hall–Kier alpha value is -1.80.